The number of halogens is 2. The van der Waals surface area contributed by atoms with Crippen LogP contribution in [0.25, 0.3) is 0 Å². The standard InChI is InChI=1S/C13H13F2N3O2S/c1-16-12-3-2-6-17-13(12)21(19,20)18-8-9-4-5-10(14)7-11(9)15/h2-7,16,18H,8H2,1H3. The molecule has 1 heterocycles. The fraction of sp³-hybridized carbons (Fsp3) is 0.154. The molecule has 21 heavy (non-hydrogen) atoms. The van der Waals surface area contributed by atoms with E-state index in [1.54, 1.807) is 19.2 Å². The summed E-state index contributed by atoms with van der Waals surface area (Å²) in [5.74, 6) is -1.53. The minimum atomic E-state index is -3.91. The fourth-order valence-corrected chi connectivity index (χ4v) is 2.84. The van der Waals surface area contributed by atoms with E-state index >= 15 is 0 Å². The Balaban J connectivity index is 2.22. The summed E-state index contributed by atoms with van der Waals surface area (Å²) in [5.41, 5.74) is 0.367. The lowest BCUT2D eigenvalue weighted by atomic mass is 10.2. The number of sulfonamides is 1. The number of anilines is 1. The maximum atomic E-state index is 13.5. The van der Waals surface area contributed by atoms with E-state index in [1.807, 2.05) is 0 Å². The summed E-state index contributed by atoms with van der Waals surface area (Å²) in [4.78, 5) is 3.80. The van der Waals surface area contributed by atoms with Crippen molar-refractivity contribution in [3.8, 4) is 0 Å². The quantitative estimate of drug-likeness (QED) is 0.884. The first-order valence-corrected chi connectivity index (χ1v) is 7.48. The Hall–Kier alpha value is -2.06. The highest BCUT2D eigenvalue weighted by atomic mass is 32.2. The molecule has 0 aliphatic heterocycles. The smallest absolute Gasteiger partial charge is 0.260 e. The average Bonchev–Trinajstić information content (AvgIpc) is 2.46. The molecule has 0 saturated carbocycles. The molecule has 0 unspecified atom stereocenters. The van der Waals surface area contributed by atoms with E-state index in [1.165, 1.54) is 12.3 Å². The minimum absolute atomic E-state index is 0.0434. The molecule has 5 nitrogen and oxygen atoms in total. The van der Waals surface area contributed by atoms with Crippen molar-refractivity contribution >= 4 is 15.7 Å². The molecular weight excluding hydrogens is 300 g/mol. The summed E-state index contributed by atoms with van der Waals surface area (Å²) >= 11 is 0. The third kappa shape index (κ3) is 3.53. The number of nitrogens with one attached hydrogen (secondary N) is 2. The van der Waals surface area contributed by atoms with Crippen molar-refractivity contribution in [1.29, 1.82) is 0 Å². The molecule has 2 N–H and O–H groups in total. The number of rotatable bonds is 5. The van der Waals surface area contributed by atoms with Crippen molar-refractivity contribution in [3.63, 3.8) is 0 Å². The molecule has 0 atom stereocenters. The largest absolute Gasteiger partial charge is 0.386 e. The molecule has 1 aromatic heterocycles. The van der Waals surface area contributed by atoms with Crippen LogP contribution in [0.4, 0.5) is 14.5 Å². The zero-order chi connectivity index (χ0) is 15.5. The summed E-state index contributed by atoms with van der Waals surface area (Å²) in [6.07, 6.45) is 1.34. The van der Waals surface area contributed by atoms with Gasteiger partial charge in [0, 0.05) is 31.4 Å². The molecule has 1 aromatic carbocycles. The van der Waals surface area contributed by atoms with Gasteiger partial charge in [-0.25, -0.2) is 26.9 Å². The molecule has 2 rings (SSSR count). The minimum Gasteiger partial charge on any atom is -0.386 e. The molecule has 0 saturated heterocycles. The second-order valence-electron chi connectivity index (χ2n) is 4.17. The van der Waals surface area contributed by atoms with Crippen LogP contribution in [0.3, 0.4) is 0 Å². The van der Waals surface area contributed by atoms with Gasteiger partial charge in [-0.1, -0.05) is 6.07 Å². The number of hydrogen-bond acceptors (Lipinski definition) is 4. The van der Waals surface area contributed by atoms with Crippen molar-refractivity contribution in [1.82, 2.24) is 9.71 Å². The van der Waals surface area contributed by atoms with Gasteiger partial charge in [-0.2, -0.15) is 0 Å². The van der Waals surface area contributed by atoms with E-state index in [9.17, 15) is 17.2 Å². The molecule has 8 heteroatoms. The summed E-state index contributed by atoms with van der Waals surface area (Å²) in [5, 5.41) is 2.53. The van der Waals surface area contributed by atoms with Crippen molar-refractivity contribution in [2.24, 2.45) is 0 Å². The van der Waals surface area contributed by atoms with Crippen LogP contribution < -0.4 is 10.0 Å². The van der Waals surface area contributed by atoms with Gasteiger partial charge in [-0.05, 0) is 18.2 Å². The van der Waals surface area contributed by atoms with Crippen LogP contribution in [0.1, 0.15) is 5.56 Å². The van der Waals surface area contributed by atoms with Gasteiger partial charge in [-0.15, -0.1) is 0 Å². The number of nitrogens with zero attached hydrogens (tertiary/aromatic N) is 1. The van der Waals surface area contributed by atoms with Gasteiger partial charge in [-0.3, -0.25) is 0 Å². The first-order valence-electron chi connectivity index (χ1n) is 6.00. The maximum absolute atomic E-state index is 13.5. The number of pyridine rings is 1. The Morgan fingerprint density at radius 1 is 1.24 bits per heavy atom. The van der Waals surface area contributed by atoms with E-state index in [2.05, 4.69) is 15.0 Å². The number of benzene rings is 1. The zero-order valence-corrected chi connectivity index (χ0v) is 11.9. The third-order valence-corrected chi connectivity index (χ3v) is 4.12. The van der Waals surface area contributed by atoms with Crippen LogP contribution in [0.5, 0.6) is 0 Å². The van der Waals surface area contributed by atoms with Crippen LogP contribution in [-0.4, -0.2) is 20.4 Å². The molecule has 0 radical (unpaired) electrons. The second kappa shape index (κ2) is 6.15. The predicted molar refractivity (Wildman–Crippen MR) is 74.2 cm³/mol. The van der Waals surface area contributed by atoms with Gasteiger partial charge >= 0.3 is 0 Å². The van der Waals surface area contributed by atoms with Crippen molar-refractivity contribution in [2.45, 2.75) is 11.6 Å². The van der Waals surface area contributed by atoms with Gasteiger partial charge in [0.1, 0.15) is 11.6 Å². The molecule has 2 aromatic rings. The molecular formula is C13H13F2N3O2S. The Morgan fingerprint density at radius 3 is 2.67 bits per heavy atom. The fourth-order valence-electron chi connectivity index (χ4n) is 1.70. The molecule has 0 aliphatic rings. The van der Waals surface area contributed by atoms with Crippen molar-refractivity contribution in [3.05, 3.63) is 53.7 Å². The first-order chi connectivity index (χ1) is 9.94. The summed E-state index contributed by atoms with van der Waals surface area (Å²) in [7, 11) is -2.35. The van der Waals surface area contributed by atoms with Crippen LogP contribution in [0.15, 0.2) is 41.6 Å². The topological polar surface area (TPSA) is 71.1 Å². The van der Waals surface area contributed by atoms with E-state index in [0.29, 0.717) is 11.8 Å². The maximum Gasteiger partial charge on any atom is 0.260 e. The summed E-state index contributed by atoms with van der Waals surface area (Å²) in [6, 6.07) is 6.09. The Labute approximate surface area is 121 Å². The zero-order valence-electron chi connectivity index (χ0n) is 11.1. The van der Waals surface area contributed by atoms with Gasteiger partial charge < -0.3 is 5.32 Å². The first kappa shape index (κ1) is 15.3. The number of hydrogen-bond donors (Lipinski definition) is 2. The van der Waals surface area contributed by atoms with E-state index in [-0.39, 0.29) is 17.1 Å². The lowest BCUT2D eigenvalue weighted by molar-refractivity contribution is 0.561. The molecule has 0 amide bonds. The second-order valence-corrected chi connectivity index (χ2v) is 5.85. The van der Waals surface area contributed by atoms with Gasteiger partial charge in [0.25, 0.3) is 10.0 Å². The van der Waals surface area contributed by atoms with Gasteiger partial charge in [0.15, 0.2) is 5.03 Å². The van der Waals surface area contributed by atoms with E-state index in [0.717, 1.165) is 6.07 Å². The third-order valence-electron chi connectivity index (χ3n) is 2.76. The molecule has 0 aliphatic carbocycles. The van der Waals surface area contributed by atoms with E-state index < -0.39 is 21.7 Å². The number of aromatic nitrogens is 1. The normalized spacial score (nSPS) is 11.4. The molecule has 0 spiro atoms. The lowest BCUT2D eigenvalue weighted by Gasteiger charge is -2.10. The lowest BCUT2D eigenvalue weighted by Crippen LogP contribution is -2.25. The van der Waals surface area contributed by atoms with Gasteiger partial charge in [0.05, 0.1) is 5.69 Å². The highest BCUT2D eigenvalue weighted by Crippen LogP contribution is 2.17. The van der Waals surface area contributed by atoms with Gasteiger partial charge in [0.2, 0.25) is 0 Å². The predicted octanol–water partition coefficient (Wildman–Crippen LogP) is 1.88. The highest BCUT2D eigenvalue weighted by molar-refractivity contribution is 7.89. The van der Waals surface area contributed by atoms with Crippen molar-refractivity contribution < 1.29 is 17.2 Å². The van der Waals surface area contributed by atoms with E-state index in [4.69, 9.17) is 0 Å². The van der Waals surface area contributed by atoms with Crippen LogP contribution >= 0.6 is 0 Å². The highest BCUT2D eigenvalue weighted by Gasteiger charge is 2.19. The van der Waals surface area contributed by atoms with Crippen LogP contribution in [0, 0.1) is 11.6 Å². The molecule has 0 fully saturated rings. The summed E-state index contributed by atoms with van der Waals surface area (Å²) in [6.45, 7) is -0.297. The molecule has 0 bridgehead atoms. The Kier molecular flexibility index (Phi) is 4.49. The average molecular weight is 313 g/mol. The van der Waals surface area contributed by atoms with Crippen LogP contribution in [0.2, 0.25) is 0 Å². The Bertz CT molecular complexity index is 751. The van der Waals surface area contributed by atoms with Crippen LogP contribution in [-0.2, 0) is 16.6 Å². The Morgan fingerprint density at radius 2 is 2.00 bits per heavy atom. The molecule has 112 valence electrons. The monoisotopic (exact) mass is 313 g/mol. The summed E-state index contributed by atoms with van der Waals surface area (Å²) < 4.78 is 52.8. The van der Waals surface area contributed by atoms with Crippen molar-refractivity contribution in [2.75, 3.05) is 12.4 Å². The SMILES string of the molecule is CNc1cccnc1S(=O)(=O)NCc1ccc(F)cc1F.